The molecule has 3 aliphatic rings. The van der Waals surface area contributed by atoms with Crippen LogP contribution in [-0.4, -0.2) is 41.0 Å². The molecule has 6 nitrogen and oxygen atoms in total. The van der Waals surface area contributed by atoms with Gasteiger partial charge in [0, 0.05) is 0 Å². The van der Waals surface area contributed by atoms with Crippen molar-refractivity contribution in [1.82, 2.24) is 0 Å². The average Bonchev–Trinajstić information content (AvgIpc) is 2.75. The molecule has 0 spiro atoms. The average molecular weight is 584 g/mol. The van der Waals surface area contributed by atoms with Crippen LogP contribution in [0.2, 0.25) is 0 Å². The van der Waals surface area contributed by atoms with Crippen molar-refractivity contribution in [2.24, 2.45) is 0 Å². The van der Waals surface area contributed by atoms with Crippen molar-refractivity contribution >= 4 is 41.0 Å². The van der Waals surface area contributed by atoms with Crippen LogP contribution in [0.5, 0.6) is 0 Å². The van der Waals surface area contributed by atoms with Crippen LogP contribution in [0.1, 0.15) is 77.0 Å². The maximum atomic E-state index is 12.5. The van der Waals surface area contributed by atoms with Gasteiger partial charge in [-0.3, -0.25) is 0 Å². The summed E-state index contributed by atoms with van der Waals surface area (Å²) in [5.74, 6) is -1.52. The molecular weight excluding hydrogens is 557 g/mol. The summed E-state index contributed by atoms with van der Waals surface area (Å²) in [6.45, 7) is 0. The van der Waals surface area contributed by atoms with E-state index in [1.54, 1.807) is 0 Å². The zero-order chi connectivity index (χ0) is 19.8. The van der Waals surface area contributed by atoms with Crippen LogP contribution in [0.25, 0.3) is 0 Å². The predicted molar refractivity (Wildman–Crippen MR) is 104 cm³/mol. The van der Waals surface area contributed by atoms with Crippen molar-refractivity contribution < 1.29 is 22.8 Å². The number of hydrogen-bond acceptors (Lipinski definition) is 6. The Hall–Kier alpha value is -1.49. The number of carbonyl (C=O) groups excluding carboxylic acids is 3. The maximum absolute atomic E-state index is 12.5. The third-order valence-corrected chi connectivity index (χ3v) is 8.80. The molecule has 0 saturated carbocycles. The van der Waals surface area contributed by atoms with Crippen molar-refractivity contribution in [2.45, 2.75) is 77.0 Å². The fourth-order valence-corrected chi connectivity index (χ4v) is 6.89. The van der Waals surface area contributed by atoms with E-state index >= 15 is 0 Å². The number of rotatable bonds is 6. The monoisotopic (exact) mass is 584 g/mol. The Balaban J connectivity index is 1.67. The number of hydrogen-bond donors (Lipinski definition) is 0. The van der Waals surface area contributed by atoms with E-state index in [4.69, 9.17) is 8.44 Å². The quantitative estimate of drug-likeness (QED) is 0.438. The second-order valence-corrected chi connectivity index (χ2v) is 11.2. The van der Waals surface area contributed by atoms with E-state index in [0.29, 0.717) is 36.0 Å². The molecule has 0 atom stereocenters. The molecule has 152 valence electrons. The third-order valence-electron chi connectivity index (χ3n) is 5.13. The molecule has 0 bridgehead atoms. The summed E-state index contributed by atoms with van der Waals surface area (Å²) in [7, 11) is 0. The molecule has 0 unspecified atom stereocenters. The van der Waals surface area contributed by atoms with E-state index in [-0.39, 0.29) is 0 Å². The van der Waals surface area contributed by atoms with Crippen LogP contribution in [0.15, 0.2) is 34.9 Å². The molecule has 0 fully saturated rings. The molecule has 0 aromatic rings. The molecule has 0 heterocycles. The van der Waals surface area contributed by atoms with Crippen LogP contribution in [0, 0.1) is 0 Å². The minimum absolute atomic E-state index is 0.506. The van der Waals surface area contributed by atoms with Crippen LogP contribution < -0.4 is 0 Å². The molecule has 0 amide bonds. The molecule has 0 N–H and O–H groups in total. The van der Waals surface area contributed by atoms with Gasteiger partial charge in [0.05, 0.1) is 0 Å². The van der Waals surface area contributed by atoms with Crippen LogP contribution in [0.3, 0.4) is 0 Å². The van der Waals surface area contributed by atoms with E-state index in [1.165, 1.54) is 0 Å². The Bertz CT molecular complexity index is 611. The van der Waals surface area contributed by atoms with Gasteiger partial charge in [-0.05, 0) is 0 Å². The van der Waals surface area contributed by atoms with Crippen molar-refractivity contribution in [3.05, 3.63) is 34.9 Å². The van der Waals surface area contributed by atoms with Gasteiger partial charge in [-0.1, -0.05) is 0 Å². The van der Waals surface area contributed by atoms with E-state index in [2.05, 4.69) is 0 Å². The first-order valence-electron chi connectivity index (χ1n) is 10.2. The van der Waals surface area contributed by atoms with Gasteiger partial charge in [0.2, 0.25) is 0 Å². The van der Waals surface area contributed by atoms with Gasteiger partial charge in [0.25, 0.3) is 0 Å². The van der Waals surface area contributed by atoms with Crippen LogP contribution in [0.4, 0.5) is 0 Å². The summed E-state index contributed by atoms with van der Waals surface area (Å²) in [5, 5.41) is 0. The Morgan fingerprint density at radius 1 is 0.571 bits per heavy atom. The standard InChI is InChI=1S/3C7H10O2.Bi/c3*8-7(9)6-4-2-1-3-5-6;/h3*4H,1-3,5H2,(H,8,9);/q;;;+3/p-3. The Morgan fingerprint density at radius 2 is 0.893 bits per heavy atom. The van der Waals surface area contributed by atoms with Crippen molar-refractivity contribution in [2.75, 3.05) is 0 Å². The normalized spacial score (nSPS) is 19.8. The van der Waals surface area contributed by atoms with E-state index in [1.807, 2.05) is 18.2 Å². The van der Waals surface area contributed by atoms with Crippen LogP contribution >= 0.6 is 0 Å². The van der Waals surface area contributed by atoms with Crippen molar-refractivity contribution in [1.29, 1.82) is 0 Å². The fraction of sp³-hybridized carbons (Fsp3) is 0.571. The molecule has 3 rings (SSSR count). The predicted octanol–water partition coefficient (Wildman–Crippen LogP) is 4.10. The van der Waals surface area contributed by atoms with Gasteiger partial charge >= 0.3 is 176 Å². The first-order valence-corrected chi connectivity index (χ1v) is 14.4. The van der Waals surface area contributed by atoms with Gasteiger partial charge in [-0.25, -0.2) is 0 Å². The van der Waals surface area contributed by atoms with E-state index < -0.39 is 41.0 Å². The number of allylic oxidation sites excluding steroid dienone is 3. The molecular formula is C21H27BiO6. The summed E-state index contributed by atoms with van der Waals surface area (Å²) < 4.78 is 16.4. The Morgan fingerprint density at radius 3 is 1.14 bits per heavy atom. The molecule has 0 aromatic heterocycles. The van der Waals surface area contributed by atoms with Gasteiger partial charge in [-0.15, -0.1) is 0 Å². The van der Waals surface area contributed by atoms with Gasteiger partial charge in [0.1, 0.15) is 0 Å². The molecule has 0 saturated heterocycles. The van der Waals surface area contributed by atoms with Crippen molar-refractivity contribution in [3.63, 3.8) is 0 Å². The molecule has 28 heavy (non-hydrogen) atoms. The molecule has 3 aliphatic carbocycles. The Labute approximate surface area is 175 Å². The fourth-order valence-electron chi connectivity index (χ4n) is 3.51. The topological polar surface area (TPSA) is 78.9 Å². The SMILES string of the molecule is O=C([O][Bi]([O]C(=O)C1=CCCCC1)[O]C(=O)C1=CCCCC1)C1=CCCCC1. The molecule has 0 aliphatic heterocycles. The number of carbonyl (C=O) groups is 3. The second kappa shape index (κ2) is 10.9. The van der Waals surface area contributed by atoms with Gasteiger partial charge in [-0.2, -0.15) is 0 Å². The zero-order valence-electron chi connectivity index (χ0n) is 16.1. The summed E-state index contributed by atoms with van der Waals surface area (Å²) in [5.41, 5.74) is 1.77. The summed E-state index contributed by atoms with van der Waals surface area (Å²) in [6, 6.07) is 0. The summed E-state index contributed by atoms with van der Waals surface area (Å²) >= 11 is -4.05. The second-order valence-electron chi connectivity index (χ2n) is 7.29. The Kier molecular flexibility index (Phi) is 8.26. The summed E-state index contributed by atoms with van der Waals surface area (Å²) in [6.07, 6.45) is 16.0. The summed E-state index contributed by atoms with van der Waals surface area (Å²) in [4.78, 5) is 37.4. The first kappa shape index (κ1) is 21.2. The molecule has 0 radical (unpaired) electrons. The van der Waals surface area contributed by atoms with E-state index in [0.717, 1.165) is 57.8 Å². The van der Waals surface area contributed by atoms with Crippen LogP contribution in [-0.2, 0) is 22.8 Å². The van der Waals surface area contributed by atoms with Crippen molar-refractivity contribution in [3.8, 4) is 0 Å². The third kappa shape index (κ3) is 6.26. The van der Waals surface area contributed by atoms with E-state index in [9.17, 15) is 14.4 Å². The van der Waals surface area contributed by atoms with Gasteiger partial charge < -0.3 is 0 Å². The molecule has 7 heteroatoms. The minimum atomic E-state index is -4.05. The zero-order valence-corrected chi connectivity index (χ0v) is 19.6. The van der Waals surface area contributed by atoms with Gasteiger partial charge in [0.15, 0.2) is 0 Å². The molecule has 0 aromatic carbocycles. The first-order chi connectivity index (χ1) is 13.6.